The van der Waals surface area contributed by atoms with Crippen LogP contribution in [0.3, 0.4) is 0 Å². The van der Waals surface area contributed by atoms with Crippen LogP contribution in [0.4, 0.5) is 0 Å². The molecule has 0 aliphatic heterocycles. The minimum Gasteiger partial charge on any atom is -0.312 e. The Kier molecular flexibility index (Phi) is 6.37. The van der Waals surface area contributed by atoms with Crippen molar-refractivity contribution in [3.63, 3.8) is 0 Å². The van der Waals surface area contributed by atoms with E-state index in [-0.39, 0.29) is 0 Å². The second-order valence-electron chi connectivity index (χ2n) is 4.14. The van der Waals surface area contributed by atoms with Gasteiger partial charge in [-0.25, -0.2) is 4.98 Å². The van der Waals surface area contributed by atoms with Crippen molar-refractivity contribution >= 4 is 39.0 Å². The highest BCUT2D eigenvalue weighted by Gasteiger charge is 2.03. The van der Waals surface area contributed by atoms with Gasteiger partial charge < -0.3 is 5.32 Å². The van der Waals surface area contributed by atoms with Crippen LogP contribution < -0.4 is 5.32 Å². The molecule has 0 fully saturated rings. The second kappa shape index (κ2) is 8.04. The van der Waals surface area contributed by atoms with Crippen molar-refractivity contribution in [2.24, 2.45) is 0 Å². The summed E-state index contributed by atoms with van der Waals surface area (Å²) in [6, 6.07) is 8.38. The zero-order valence-electron chi connectivity index (χ0n) is 10.9. The third kappa shape index (κ3) is 5.26. The summed E-state index contributed by atoms with van der Waals surface area (Å²) in [4.78, 5) is 7.07. The number of benzene rings is 1. The van der Waals surface area contributed by atoms with Gasteiger partial charge in [0.05, 0.1) is 5.75 Å². The molecule has 0 unspecified atom stereocenters. The molecule has 1 aromatic carbocycles. The SMILES string of the molecule is CCCNCc1cnc(CSc2cccc(Br)c2)s1. The Labute approximate surface area is 131 Å². The number of thiazole rings is 1. The number of halogens is 1. The molecule has 0 radical (unpaired) electrons. The molecule has 2 nitrogen and oxygen atoms in total. The van der Waals surface area contributed by atoms with E-state index in [9.17, 15) is 0 Å². The largest absolute Gasteiger partial charge is 0.312 e. The topological polar surface area (TPSA) is 24.9 Å². The van der Waals surface area contributed by atoms with E-state index in [1.54, 1.807) is 11.3 Å². The number of aromatic nitrogens is 1. The average Bonchev–Trinajstić information content (AvgIpc) is 2.85. The number of hydrogen-bond acceptors (Lipinski definition) is 4. The smallest absolute Gasteiger partial charge is 0.103 e. The van der Waals surface area contributed by atoms with E-state index < -0.39 is 0 Å². The molecule has 0 aliphatic carbocycles. The van der Waals surface area contributed by atoms with Gasteiger partial charge in [-0.1, -0.05) is 28.9 Å². The molecule has 2 aromatic rings. The highest BCUT2D eigenvalue weighted by molar-refractivity contribution is 9.10. The first-order valence-electron chi connectivity index (χ1n) is 6.30. The van der Waals surface area contributed by atoms with E-state index >= 15 is 0 Å². The maximum atomic E-state index is 4.48. The molecule has 0 atom stereocenters. The minimum atomic E-state index is 0.938. The van der Waals surface area contributed by atoms with Gasteiger partial charge in [-0.3, -0.25) is 0 Å². The maximum absolute atomic E-state index is 4.48. The van der Waals surface area contributed by atoms with Gasteiger partial charge in [0.15, 0.2) is 0 Å². The van der Waals surface area contributed by atoms with Crippen LogP contribution in [0.15, 0.2) is 39.8 Å². The normalized spacial score (nSPS) is 10.8. The van der Waals surface area contributed by atoms with Gasteiger partial charge in [-0.15, -0.1) is 23.1 Å². The van der Waals surface area contributed by atoms with Crippen LogP contribution in [0.1, 0.15) is 23.2 Å². The molecule has 0 amide bonds. The summed E-state index contributed by atoms with van der Waals surface area (Å²) in [6.07, 6.45) is 3.16. The van der Waals surface area contributed by atoms with Crippen LogP contribution in [-0.2, 0) is 12.3 Å². The molecule has 0 saturated heterocycles. The van der Waals surface area contributed by atoms with Crippen LogP contribution in [0.2, 0.25) is 0 Å². The zero-order chi connectivity index (χ0) is 13.5. The lowest BCUT2D eigenvalue weighted by Crippen LogP contribution is -2.12. The van der Waals surface area contributed by atoms with Crippen LogP contribution in [-0.4, -0.2) is 11.5 Å². The number of nitrogens with zero attached hydrogens (tertiary/aromatic N) is 1. The molecule has 19 heavy (non-hydrogen) atoms. The van der Waals surface area contributed by atoms with Gasteiger partial charge in [0, 0.05) is 27.0 Å². The number of nitrogens with one attached hydrogen (secondary N) is 1. The molecule has 1 N–H and O–H groups in total. The monoisotopic (exact) mass is 356 g/mol. The van der Waals surface area contributed by atoms with Crippen molar-refractivity contribution in [2.45, 2.75) is 30.5 Å². The molecule has 1 heterocycles. The van der Waals surface area contributed by atoms with E-state index in [0.29, 0.717) is 0 Å². The van der Waals surface area contributed by atoms with E-state index in [4.69, 9.17) is 0 Å². The lowest BCUT2D eigenvalue weighted by molar-refractivity contribution is 0.681. The van der Waals surface area contributed by atoms with Crippen LogP contribution >= 0.6 is 39.0 Å². The molecule has 2 rings (SSSR count). The molecular formula is C14H17BrN2S2. The van der Waals surface area contributed by atoms with Gasteiger partial charge in [0.1, 0.15) is 5.01 Å². The Morgan fingerprint density at radius 2 is 2.32 bits per heavy atom. The van der Waals surface area contributed by atoms with Crippen LogP contribution in [0.25, 0.3) is 0 Å². The highest BCUT2D eigenvalue weighted by Crippen LogP contribution is 2.27. The first-order chi connectivity index (χ1) is 9.28. The molecule has 0 spiro atoms. The fourth-order valence-corrected chi connectivity index (χ4v) is 3.99. The van der Waals surface area contributed by atoms with Crippen LogP contribution in [0, 0.1) is 0 Å². The van der Waals surface area contributed by atoms with Crippen molar-refractivity contribution in [2.75, 3.05) is 6.54 Å². The molecule has 0 saturated carbocycles. The Bertz CT molecular complexity index is 514. The maximum Gasteiger partial charge on any atom is 0.103 e. The zero-order valence-corrected chi connectivity index (χ0v) is 14.1. The van der Waals surface area contributed by atoms with Crippen molar-refractivity contribution in [3.8, 4) is 0 Å². The summed E-state index contributed by atoms with van der Waals surface area (Å²) in [5.41, 5.74) is 0. The summed E-state index contributed by atoms with van der Waals surface area (Å²) < 4.78 is 1.13. The molecular weight excluding hydrogens is 340 g/mol. The summed E-state index contributed by atoms with van der Waals surface area (Å²) >= 11 is 7.12. The van der Waals surface area contributed by atoms with Gasteiger partial charge in [0.25, 0.3) is 0 Å². The van der Waals surface area contributed by atoms with Gasteiger partial charge in [0.2, 0.25) is 0 Å². The summed E-state index contributed by atoms with van der Waals surface area (Å²) in [5, 5.41) is 4.60. The first-order valence-corrected chi connectivity index (χ1v) is 8.90. The van der Waals surface area contributed by atoms with E-state index in [1.807, 2.05) is 24.0 Å². The van der Waals surface area contributed by atoms with Crippen LogP contribution in [0.5, 0.6) is 0 Å². The van der Waals surface area contributed by atoms with Crippen molar-refractivity contribution in [3.05, 3.63) is 44.8 Å². The Morgan fingerprint density at radius 3 is 3.11 bits per heavy atom. The molecule has 5 heteroatoms. The van der Waals surface area contributed by atoms with Gasteiger partial charge in [-0.05, 0) is 31.2 Å². The van der Waals surface area contributed by atoms with Crippen molar-refractivity contribution < 1.29 is 0 Å². The third-order valence-electron chi connectivity index (χ3n) is 2.49. The third-order valence-corrected chi connectivity index (χ3v) is 5.16. The quantitative estimate of drug-likeness (QED) is 0.574. The number of thioether (sulfide) groups is 1. The van der Waals surface area contributed by atoms with Crippen molar-refractivity contribution in [1.82, 2.24) is 10.3 Å². The fourth-order valence-electron chi connectivity index (χ4n) is 1.59. The lowest BCUT2D eigenvalue weighted by Gasteiger charge is -2.00. The minimum absolute atomic E-state index is 0.938. The lowest BCUT2D eigenvalue weighted by atomic mass is 10.4. The van der Waals surface area contributed by atoms with Gasteiger partial charge in [-0.2, -0.15) is 0 Å². The molecule has 102 valence electrons. The Hall–Kier alpha value is -0.360. The summed E-state index contributed by atoms with van der Waals surface area (Å²) in [6.45, 7) is 4.19. The standard InChI is InChI=1S/C14H17BrN2S2/c1-2-6-16-8-13-9-17-14(19-13)10-18-12-5-3-4-11(15)7-12/h3-5,7,9,16H,2,6,8,10H2,1H3. The van der Waals surface area contributed by atoms with E-state index in [2.05, 4.69) is 51.4 Å². The van der Waals surface area contributed by atoms with Crippen molar-refractivity contribution in [1.29, 1.82) is 0 Å². The molecule has 1 aromatic heterocycles. The predicted octanol–water partition coefficient (Wildman–Crippen LogP) is 4.70. The Balaban J connectivity index is 1.83. The number of hydrogen-bond donors (Lipinski definition) is 1. The second-order valence-corrected chi connectivity index (χ2v) is 7.31. The van der Waals surface area contributed by atoms with Gasteiger partial charge >= 0.3 is 0 Å². The Morgan fingerprint density at radius 1 is 1.42 bits per heavy atom. The summed E-state index contributed by atoms with van der Waals surface area (Å²) in [7, 11) is 0. The predicted molar refractivity (Wildman–Crippen MR) is 87.8 cm³/mol. The van der Waals surface area contributed by atoms with E-state index in [0.717, 1.165) is 23.3 Å². The molecule has 0 bridgehead atoms. The fraction of sp³-hybridized carbons (Fsp3) is 0.357. The highest BCUT2D eigenvalue weighted by atomic mass is 79.9. The molecule has 0 aliphatic rings. The first kappa shape index (κ1) is 15.0. The number of rotatable bonds is 7. The van der Waals surface area contributed by atoms with E-state index in [1.165, 1.54) is 21.2 Å². The average molecular weight is 357 g/mol. The summed E-state index contributed by atoms with van der Waals surface area (Å²) in [5.74, 6) is 0.939.